The number of benzene rings is 2. The van der Waals surface area contributed by atoms with Crippen LogP contribution in [0.3, 0.4) is 0 Å². The molecule has 0 bridgehead atoms. The summed E-state index contributed by atoms with van der Waals surface area (Å²) < 4.78 is 10.7. The van der Waals surface area contributed by atoms with E-state index in [0.717, 1.165) is 35.4 Å². The normalized spacial score (nSPS) is 14.4. The number of hydrogen-bond acceptors (Lipinski definition) is 4. The number of nitrogens with one attached hydrogen (secondary N) is 2. The van der Waals surface area contributed by atoms with Crippen molar-refractivity contribution in [3.8, 4) is 11.5 Å². The van der Waals surface area contributed by atoms with E-state index in [4.69, 9.17) is 9.47 Å². The van der Waals surface area contributed by atoms with Crippen molar-refractivity contribution < 1.29 is 14.3 Å². The Balaban J connectivity index is 1.79. The van der Waals surface area contributed by atoms with Crippen molar-refractivity contribution in [3.63, 3.8) is 0 Å². The van der Waals surface area contributed by atoms with Gasteiger partial charge in [0.2, 0.25) is 5.91 Å². The number of ether oxygens (including phenoxy) is 2. The molecule has 0 aliphatic carbocycles. The highest BCUT2D eigenvalue weighted by Crippen LogP contribution is 2.34. The molecule has 0 fully saturated rings. The van der Waals surface area contributed by atoms with E-state index < -0.39 is 0 Å². The van der Waals surface area contributed by atoms with Crippen molar-refractivity contribution in [2.45, 2.75) is 13.0 Å². The second-order valence-electron chi connectivity index (χ2n) is 5.80. The van der Waals surface area contributed by atoms with Crippen LogP contribution in [0.5, 0.6) is 11.5 Å². The van der Waals surface area contributed by atoms with Gasteiger partial charge in [0.25, 0.3) is 0 Å². The molecule has 0 atom stereocenters. The van der Waals surface area contributed by atoms with Crippen LogP contribution in [0.25, 0.3) is 5.70 Å². The van der Waals surface area contributed by atoms with Crippen LogP contribution in [-0.4, -0.2) is 26.7 Å². The Hall–Kier alpha value is -2.95. The first-order valence-electron chi connectivity index (χ1n) is 8.24. The summed E-state index contributed by atoms with van der Waals surface area (Å²) in [5, 5.41) is 6.21. The maximum Gasteiger partial charge on any atom is 0.246 e. The summed E-state index contributed by atoms with van der Waals surface area (Å²) in [5.41, 5.74) is 3.97. The van der Waals surface area contributed by atoms with Crippen LogP contribution in [0.15, 0.2) is 48.5 Å². The first-order chi connectivity index (χ1) is 12.2. The predicted octanol–water partition coefficient (Wildman–Crippen LogP) is 2.51. The lowest BCUT2D eigenvalue weighted by atomic mass is 9.96. The fraction of sp³-hybridized carbons (Fsp3) is 0.250. The Labute approximate surface area is 147 Å². The van der Waals surface area contributed by atoms with Crippen molar-refractivity contribution >= 4 is 11.6 Å². The van der Waals surface area contributed by atoms with E-state index in [1.165, 1.54) is 0 Å². The summed E-state index contributed by atoms with van der Waals surface area (Å²) in [6.07, 6.45) is 2.48. The number of hydrogen-bond donors (Lipinski definition) is 2. The van der Waals surface area contributed by atoms with Crippen LogP contribution < -0.4 is 20.1 Å². The molecule has 1 heterocycles. The first kappa shape index (κ1) is 16.9. The highest BCUT2D eigenvalue weighted by Gasteiger charge is 2.18. The molecule has 0 saturated heterocycles. The van der Waals surface area contributed by atoms with E-state index in [-0.39, 0.29) is 5.91 Å². The fourth-order valence-corrected chi connectivity index (χ4v) is 2.90. The second-order valence-corrected chi connectivity index (χ2v) is 5.80. The van der Waals surface area contributed by atoms with Gasteiger partial charge < -0.3 is 20.1 Å². The Morgan fingerprint density at radius 1 is 1.16 bits per heavy atom. The minimum Gasteiger partial charge on any atom is -0.493 e. The summed E-state index contributed by atoms with van der Waals surface area (Å²) in [7, 11) is 3.23. The number of carbonyl (C=O) groups is 1. The lowest BCUT2D eigenvalue weighted by Gasteiger charge is -2.23. The second kappa shape index (κ2) is 7.75. The summed E-state index contributed by atoms with van der Waals surface area (Å²) in [6.45, 7) is 1.28. The van der Waals surface area contributed by atoms with Gasteiger partial charge in [-0.05, 0) is 29.7 Å². The van der Waals surface area contributed by atoms with Gasteiger partial charge in [-0.3, -0.25) is 4.79 Å². The Morgan fingerprint density at radius 3 is 2.60 bits per heavy atom. The zero-order valence-corrected chi connectivity index (χ0v) is 14.5. The van der Waals surface area contributed by atoms with Crippen LogP contribution in [0.2, 0.25) is 0 Å². The molecule has 5 nitrogen and oxygen atoms in total. The topological polar surface area (TPSA) is 59.6 Å². The van der Waals surface area contributed by atoms with E-state index in [9.17, 15) is 4.79 Å². The molecule has 0 saturated carbocycles. The van der Waals surface area contributed by atoms with E-state index >= 15 is 0 Å². The third kappa shape index (κ3) is 3.94. The predicted molar refractivity (Wildman–Crippen MR) is 97.5 cm³/mol. The molecular weight excluding hydrogens is 316 g/mol. The third-order valence-electron chi connectivity index (χ3n) is 4.19. The number of amides is 1. The monoisotopic (exact) mass is 338 g/mol. The molecule has 0 spiro atoms. The zero-order valence-electron chi connectivity index (χ0n) is 14.5. The van der Waals surface area contributed by atoms with Gasteiger partial charge in [0, 0.05) is 30.4 Å². The van der Waals surface area contributed by atoms with Crippen molar-refractivity contribution in [3.05, 3.63) is 65.2 Å². The van der Waals surface area contributed by atoms with E-state index in [1.54, 1.807) is 20.3 Å². The molecular formula is C20H22N2O3. The van der Waals surface area contributed by atoms with Gasteiger partial charge in [0.1, 0.15) is 0 Å². The number of rotatable bonds is 5. The van der Waals surface area contributed by atoms with Crippen molar-refractivity contribution in [1.82, 2.24) is 10.6 Å². The van der Waals surface area contributed by atoms with Crippen LogP contribution in [-0.2, 0) is 17.8 Å². The van der Waals surface area contributed by atoms with Gasteiger partial charge in [0.15, 0.2) is 11.5 Å². The van der Waals surface area contributed by atoms with Crippen LogP contribution in [0, 0.1) is 0 Å². The molecule has 2 aromatic rings. The van der Waals surface area contributed by atoms with E-state index in [2.05, 4.69) is 10.6 Å². The standard InChI is InChI=1S/C20H22N2O3/c1-24-18-10-15-8-9-21-17(16(15)11-19(18)25-2)12-20(23)22-13-14-6-4-3-5-7-14/h3-7,10-12,21H,8-9,13H2,1-2H3,(H,22,23)/b17-12-. The molecule has 25 heavy (non-hydrogen) atoms. The number of fused-ring (bicyclic) bond motifs is 1. The third-order valence-corrected chi connectivity index (χ3v) is 4.19. The Bertz CT molecular complexity index is 785. The molecule has 1 amide bonds. The van der Waals surface area contributed by atoms with Crippen molar-refractivity contribution in [1.29, 1.82) is 0 Å². The van der Waals surface area contributed by atoms with Crippen molar-refractivity contribution in [2.24, 2.45) is 0 Å². The highest BCUT2D eigenvalue weighted by atomic mass is 16.5. The Kier molecular flexibility index (Phi) is 5.23. The minimum absolute atomic E-state index is 0.131. The summed E-state index contributed by atoms with van der Waals surface area (Å²) >= 11 is 0. The molecule has 5 heteroatoms. The molecule has 130 valence electrons. The van der Waals surface area contributed by atoms with Gasteiger partial charge in [-0.25, -0.2) is 0 Å². The van der Waals surface area contributed by atoms with Crippen LogP contribution >= 0.6 is 0 Å². The lowest BCUT2D eigenvalue weighted by Crippen LogP contribution is -2.26. The fourth-order valence-electron chi connectivity index (χ4n) is 2.90. The van der Waals surface area contributed by atoms with Gasteiger partial charge in [0.05, 0.1) is 14.2 Å². The lowest BCUT2D eigenvalue weighted by molar-refractivity contribution is -0.116. The average molecular weight is 338 g/mol. The summed E-state index contributed by atoms with van der Waals surface area (Å²) in [5.74, 6) is 1.23. The minimum atomic E-state index is -0.131. The molecule has 0 aromatic heterocycles. The van der Waals surface area contributed by atoms with Gasteiger partial charge in [-0.15, -0.1) is 0 Å². The maximum absolute atomic E-state index is 12.3. The highest BCUT2D eigenvalue weighted by molar-refractivity contribution is 5.95. The summed E-state index contributed by atoms with van der Waals surface area (Å²) in [4.78, 5) is 12.3. The smallest absolute Gasteiger partial charge is 0.246 e. The Morgan fingerprint density at radius 2 is 1.88 bits per heavy atom. The zero-order chi connectivity index (χ0) is 17.6. The quantitative estimate of drug-likeness (QED) is 0.823. The van der Waals surface area contributed by atoms with Crippen LogP contribution in [0.4, 0.5) is 0 Å². The number of carbonyl (C=O) groups excluding carboxylic acids is 1. The van der Waals surface area contributed by atoms with Crippen LogP contribution in [0.1, 0.15) is 16.7 Å². The molecule has 3 rings (SSSR count). The van der Waals surface area contributed by atoms with Gasteiger partial charge in [-0.1, -0.05) is 30.3 Å². The van der Waals surface area contributed by atoms with Gasteiger partial charge in [-0.2, -0.15) is 0 Å². The van der Waals surface area contributed by atoms with E-state index in [0.29, 0.717) is 18.0 Å². The van der Waals surface area contributed by atoms with Gasteiger partial charge >= 0.3 is 0 Å². The van der Waals surface area contributed by atoms with Crippen molar-refractivity contribution in [2.75, 3.05) is 20.8 Å². The molecule has 0 radical (unpaired) electrons. The maximum atomic E-state index is 12.3. The average Bonchev–Trinajstić information content (AvgIpc) is 2.66. The molecule has 1 aliphatic heterocycles. The largest absolute Gasteiger partial charge is 0.493 e. The SMILES string of the molecule is COc1cc2c(cc1OC)/C(=C/C(=O)NCc1ccccc1)NCC2. The molecule has 1 aliphatic rings. The molecule has 2 N–H and O–H groups in total. The number of methoxy groups -OCH3 is 2. The summed E-state index contributed by atoms with van der Waals surface area (Å²) in [6, 6.07) is 13.7. The molecule has 0 unspecified atom stereocenters. The first-order valence-corrected chi connectivity index (χ1v) is 8.24. The molecule has 2 aromatic carbocycles. The van der Waals surface area contributed by atoms with E-state index in [1.807, 2.05) is 42.5 Å².